The summed E-state index contributed by atoms with van der Waals surface area (Å²) in [4.78, 5) is 2.61. The molecule has 1 unspecified atom stereocenters. The first-order valence-corrected chi connectivity index (χ1v) is 9.40. The van der Waals surface area contributed by atoms with Crippen molar-refractivity contribution in [3.63, 3.8) is 0 Å². The van der Waals surface area contributed by atoms with Gasteiger partial charge in [0.2, 0.25) is 0 Å². The minimum atomic E-state index is 0.417. The molecule has 1 N–H and O–H groups in total. The van der Waals surface area contributed by atoms with Gasteiger partial charge < -0.3 is 5.32 Å². The molecule has 22 heavy (non-hydrogen) atoms. The second-order valence-electron chi connectivity index (χ2n) is 6.40. The van der Waals surface area contributed by atoms with Gasteiger partial charge in [-0.25, -0.2) is 0 Å². The molecule has 1 aromatic carbocycles. The third-order valence-corrected chi connectivity index (χ3v) is 4.98. The van der Waals surface area contributed by atoms with Crippen molar-refractivity contribution in [3.05, 3.63) is 34.9 Å². The van der Waals surface area contributed by atoms with Crippen LogP contribution >= 0.6 is 11.6 Å². The van der Waals surface area contributed by atoms with Crippen LogP contribution < -0.4 is 5.32 Å². The Bertz CT molecular complexity index is 416. The van der Waals surface area contributed by atoms with E-state index in [0.29, 0.717) is 6.04 Å². The average Bonchev–Trinajstić information content (AvgIpc) is 2.56. The van der Waals surface area contributed by atoms with E-state index in [2.05, 4.69) is 29.3 Å². The molecular formula is C19H31ClN2. The largest absolute Gasteiger partial charge is 0.315 e. The predicted octanol–water partition coefficient (Wildman–Crippen LogP) is 5.04. The lowest BCUT2D eigenvalue weighted by Gasteiger charge is -2.35. The predicted molar refractivity (Wildman–Crippen MR) is 96.6 cm³/mol. The Morgan fingerprint density at radius 3 is 2.59 bits per heavy atom. The van der Waals surface area contributed by atoms with Crippen LogP contribution in [0.1, 0.15) is 63.5 Å². The smallest absolute Gasteiger partial charge is 0.0487 e. The monoisotopic (exact) mass is 322 g/mol. The number of halogens is 1. The van der Waals surface area contributed by atoms with Crippen LogP contribution in [0.5, 0.6) is 0 Å². The summed E-state index contributed by atoms with van der Waals surface area (Å²) in [5.74, 6) is 0. The van der Waals surface area contributed by atoms with Gasteiger partial charge >= 0.3 is 0 Å². The van der Waals surface area contributed by atoms with Gasteiger partial charge in [0.15, 0.2) is 0 Å². The molecule has 0 aliphatic carbocycles. The number of hydrogen-bond donors (Lipinski definition) is 1. The number of nitrogens with one attached hydrogen (secondary N) is 1. The fraction of sp³-hybridized carbons (Fsp3) is 0.684. The van der Waals surface area contributed by atoms with Crippen molar-refractivity contribution in [1.29, 1.82) is 0 Å². The van der Waals surface area contributed by atoms with Crippen molar-refractivity contribution in [2.24, 2.45) is 0 Å². The Morgan fingerprint density at radius 1 is 1.09 bits per heavy atom. The summed E-state index contributed by atoms with van der Waals surface area (Å²) in [6.07, 6.45) is 9.27. The Labute approximate surface area is 141 Å². The minimum absolute atomic E-state index is 0.417. The normalized spacial score (nSPS) is 17.5. The van der Waals surface area contributed by atoms with Gasteiger partial charge in [0.1, 0.15) is 0 Å². The van der Waals surface area contributed by atoms with Crippen molar-refractivity contribution < 1.29 is 0 Å². The van der Waals surface area contributed by atoms with E-state index in [-0.39, 0.29) is 0 Å². The maximum absolute atomic E-state index is 6.47. The standard InChI is InChI=1S/C19H31ClN2/c1-2-3-4-8-13-21-16-19(22-14-9-5-10-15-22)17-11-6-7-12-18(17)20/h6-7,11-12,19,21H,2-5,8-10,13-16H2,1H3. The van der Waals surface area contributed by atoms with E-state index in [9.17, 15) is 0 Å². The van der Waals surface area contributed by atoms with Crippen molar-refractivity contribution >= 4 is 11.6 Å². The lowest BCUT2D eigenvalue weighted by atomic mass is 10.0. The highest BCUT2D eigenvalue weighted by Crippen LogP contribution is 2.29. The molecule has 1 aliphatic rings. The Balaban J connectivity index is 1.92. The zero-order valence-electron chi connectivity index (χ0n) is 14.0. The van der Waals surface area contributed by atoms with Crippen molar-refractivity contribution in [1.82, 2.24) is 10.2 Å². The van der Waals surface area contributed by atoms with Crippen molar-refractivity contribution in [2.45, 2.75) is 57.9 Å². The maximum atomic E-state index is 6.47. The SMILES string of the molecule is CCCCCCNCC(c1ccccc1Cl)N1CCCCC1. The minimum Gasteiger partial charge on any atom is -0.315 e. The fourth-order valence-corrected chi connectivity index (χ4v) is 3.59. The second-order valence-corrected chi connectivity index (χ2v) is 6.81. The number of likely N-dealkylation sites (tertiary alicyclic amines) is 1. The van der Waals surface area contributed by atoms with E-state index in [1.54, 1.807) is 0 Å². The van der Waals surface area contributed by atoms with Gasteiger partial charge in [-0.05, 0) is 50.5 Å². The molecule has 124 valence electrons. The summed E-state index contributed by atoms with van der Waals surface area (Å²) in [5.41, 5.74) is 1.28. The molecule has 1 aliphatic heterocycles. The molecule has 0 spiro atoms. The van der Waals surface area contributed by atoms with Crippen LogP contribution in [0.3, 0.4) is 0 Å². The van der Waals surface area contributed by atoms with Gasteiger partial charge in [0.25, 0.3) is 0 Å². The quantitative estimate of drug-likeness (QED) is 0.641. The first kappa shape index (κ1) is 17.8. The molecule has 1 heterocycles. The van der Waals surface area contributed by atoms with Gasteiger partial charge in [0, 0.05) is 17.6 Å². The van der Waals surface area contributed by atoms with E-state index < -0.39 is 0 Å². The number of unbranched alkanes of at least 4 members (excludes halogenated alkanes) is 3. The van der Waals surface area contributed by atoms with Crippen molar-refractivity contribution in [3.8, 4) is 0 Å². The Kier molecular flexibility index (Phi) is 8.28. The summed E-state index contributed by atoms with van der Waals surface area (Å²) >= 11 is 6.47. The molecule has 2 nitrogen and oxygen atoms in total. The highest BCUT2D eigenvalue weighted by atomic mass is 35.5. The third kappa shape index (κ3) is 5.57. The zero-order valence-corrected chi connectivity index (χ0v) is 14.7. The summed E-state index contributed by atoms with van der Waals surface area (Å²) < 4.78 is 0. The average molecular weight is 323 g/mol. The van der Waals surface area contributed by atoms with Crippen LogP contribution in [0.25, 0.3) is 0 Å². The van der Waals surface area contributed by atoms with Crippen LogP contribution in [0.4, 0.5) is 0 Å². The van der Waals surface area contributed by atoms with Crippen LogP contribution in [0.2, 0.25) is 5.02 Å². The highest BCUT2D eigenvalue weighted by Gasteiger charge is 2.23. The Morgan fingerprint density at radius 2 is 1.86 bits per heavy atom. The summed E-state index contributed by atoms with van der Waals surface area (Å²) in [5, 5.41) is 4.58. The number of rotatable bonds is 9. The summed E-state index contributed by atoms with van der Waals surface area (Å²) in [6.45, 7) is 6.79. The molecule has 0 aromatic heterocycles. The number of piperidine rings is 1. The molecular weight excluding hydrogens is 292 g/mol. The molecule has 0 bridgehead atoms. The van der Waals surface area contributed by atoms with Gasteiger partial charge in [-0.2, -0.15) is 0 Å². The number of hydrogen-bond acceptors (Lipinski definition) is 2. The van der Waals surface area contributed by atoms with E-state index >= 15 is 0 Å². The van der Waals surface area contributed by atoms with E-state index in [1.807, 2.05) is 12.1 Å². The molecule has 1 atom stereocenters. The van der Waals surface area contributed by atoms with Crippen LogP contribution in [-0.4, -0.2) is 31.1 Å². The van der Waals surface area contributed by atoms with Crippen LogP contribution in [0.15, 0.2) is 24.3 Å². The number of benzene rings is 1. The molecule has 2 rings (SSSR count). The van der Waals surface area contributed by atoms with E-state index in [0.717, 1.165) is 18.1 Å². The topological polar surface area (TPSA) is 15.3 Å². The second kappa shape index (κ2) is 10.3. The van der Waals surface area contributed by atoms with Crippen LogP contribution in [-0.2, 0) is 0 Å². The molecule has 0 amide bonds. The van der Waals surface area contributed by atoms with E-state index in [4.69, 9.17) is 11.6 Å². The maximum Gasteiger partial charge on any atom is 0.0487 e. The molecule has 1 saturated heterocycles. The molecule has 1 aromatic rings. The molecule has 3 heteroatoms. The molecule has 0 saturated carbocycles. The van der Waals surface area contributed by atoms with Gasteiger partial charge in [0.05, 0.1) is 0 Å². The number of nitrogens with zero attached hydrogens (tertiary/aromatic N) is 1. The lowest BCUT2D eigenvalue weighted by Crippen LogP contribution is -2.39. The summed E-state index contributed by atoms with van der Waals surface area (Å²) in [6, 6.07) is 8.77. The molecule has 1 fully saturated rings. The fourth-order valence-electron chi connectivity index (χ4n) is 3.33. The first-order chi connectivity index (χ1) is 10.8. The third-order valence-electron chi connectivity index (χ3n) is 4.64. The van der Waals surface area contributed by atoms with Gasteiger partial charge in [-0.3, -0.25) is 4.90 Å². The first-order valence-electron chi connectivity index (χ1n) is 9.02. The zero-order chi connectivity index (χ0) is 15.6. The van der Waals surface area contributed by atoms with E-state index in [1.165, 1.54) is 63.6 Å². The van der Waals surface area contributed by atoms with Crippen LogP contribution in [0, 0.1) is 0 Å². The summed E-state index contributed by atoms with van der Waals surface area (Å²) in [7, 11) is 0. The van der Waals surface area contributed by atoms with Crippen molar-refractivity contribution in [2.75, 3.05) is 26.2 Å². The Hall–Kier alpha value is -0.570. The van der Waals surface area contributed by atoms with Gasteiger partial charge in [-0.15, -0.1) is 0 Å². The highest BCUT2D eigenvalue weighted by molar-refractivity contribution is 6.31. The van der Waals surface area contributed by atoms with Gasteiger partial charge in [-0.1, -0.05) is 62.4 Å². The molecule has 0 radical (unpaired) electrons. The lowest BCUT2D eigenvalue weighted by molar-refractivity contribution is 0.160.